The van der Waals surface area contributed by atoms with Gasteiger partial charge >= 0.3 is 0 Å². The Labute approximate surface area is 126 Å². The number of unbranched alkanes of at least 4 members (excludes halogenated alkanes) is 1. The molecule has 2 nitrogen and oxygen atoms in total. The lowest BCUT2D eigenvalue weighted by Gasteiger charge is -2.18. The number of furan rings is 1. The summed E-state index contributed by atoms with van der Waals surface area (Å²) in [7, 11) is 0. The maximum absolute atomic E-state index is 5.91. The van der Waals surface area contributed by atoms with Crippen LogP contribution in [-0.2, 0) is 0 Å². The molecule has 2 aromatic carbocycles. The molecule has 3 rings (SSSR count). The second kappa shape index (κ2) is 6.31. The summed E-state index contributed by atoms with van der Waals surface area (Å²) in [5.41, 5.74) is 3.31. The normalized spacial score (nSPS) is 13.0. The van der Waals surface area contributed by atoms with Crippen molar-refractivity contribution in [1.82, 2.24) is 5.32 Å². The molecule has 1 N–H and O–H groups in total. The third kappa shape index (κ3) is 2.81. The lowest BCUT2D eigenvalue weighted by molar-refractivity contribution is 0.495. The number of para-hydroxylation sites is 1. The van der Waals surface area contributed by atoms with Crippen LogP contribution in [-0.4, -0.2) is 6.54 Å². The average Bonchev–Trinajstić information content (AvgIpc) is 2.89. The van der Waals surface area contributed by atoms with Crippen molar-refractivity contribution >= 4 is 21.9 Å². The van der Waals surface area contributed by atoms with Crippen LogP contribution in [0.2, 0.25) is 0 Å². The van der Waals surface area contributed by atoms with E-state index in [0.717, 1.165) is 17.7 Å². The summed E-state index contributed by atoms with van der Waals surface area (Å²) in [5, 5.41) is 6.04. The molecule has 0 aliphatic heterocycles. The molecular formula is C19H23NO. The predicted octanol–water partition coefficient (Wildman–Crippen LogP) is 5.43. The van der Waals surface area contributed by atoms with Gasteiger partial charge in [0, 0.05) is 16.8 Å². The minimum Gasteiger partial charge on any atom is -0.456 e. The summed E-state index contributed by atoms with van der Waals surface area (Å²) in [6, 6.07) is 15.3. The maximum atomic E-state index is 5.91. The SMILES string of the molecule is CCCCC(NCC)c1ccc2oc3ccccc3c2c1. The summed E-state index contributed by atoms with van der Waals surface area (Å²) in [6.07, 6.45) is 3.67. The van der Waals surface area contributed by atoms with Gasteiger partial charge in [-0.15, -0.1) is 0 Å². The van der Waals surface area contributed by atoms with Crippen LogP contribution in [0.3, 0.4) is 0 Å². The molecule has 2 heteroatoms. The molecule has 110 valence electrons. The smallest absolute Gasteiger partial charge is 0.135 e. The number of fused-ring (bicyclic) bond motifs is 3. The molecule has 0 fully saturated rings. The highest BCUT2D eigenvalue weighted by molar-refractivity contribution is 6.05. The Balaban J connectivity index is 2.03. The van der Waals surface area contributed by atoms with Crippen LogP contribution in [0, 0.1) is 0 Å². The molecule has 0 spiro atoms. The van der Waals surface area contributed by atoms with E-state index in [1.807, 2.05) is 12.1 Å². The highest BCUT2D eigenvalue weighted by Gasteiger charge is 2.13. The minimum absolute atomic E-state index is 0.438. The van der Waals surface area contributed by atoms with E-state index in [2.05, 4.69) is 49.5 Å². The van der Waals surface area contributed by atoms with E-state index in [0.29, 0.717) is 6.04 Å². The fourth-order valence-corrected chi connectivity index (χ4v) is 3.00. The third-order valence-electron chi connectivity index (χ3n) is 4.10. The first-order valence-electron chi connectivity index (χ1n) is 7.98. The molecule has 0 amide bonds. The topological polar surface area (TPSA) is 25.2 Å². The van der Waals surface area contributed by atoms with Crippen molar-refractivity contribution in [1.29, 1.82) is 0 Å². The minimum atomic E-state index is 0.438. The van der Waals surface area contributed by atoms with Crippen LogP contribution in [0.5, 0.6) is 0 Å². The standard InChI is InChI=1S/C19H23NO/c1-3-5-9-17(20-4-2)14-11-12-19-16(13-14)15-8-6-7-10-18(15)21-19/h6-8,10-13,17,20H,3-5,9H2,1-2H3. The molecule has 0 aliphatic rings. The van der Waals surface area contributed by atoms with E-state index < -0.39 is 0 Å². The molecule has 1 heterocycles. The first kappa shape index (κ1) is 14.2. The number of hydrogen-bond donors (Lipinski definition) is 1. The molecule has 3 aromatic rings. The Bertz CT molecular complexity index is 729. The first-order valence-corrected chi connectivity index (χ1v) is 7.98. The van der Waals surface area contributed by atoms with Crippen molar-refractivity contribution in [3.63, 3.8) is 0 Å². The van der Waals surface area contributed by atoms with Gasteiger partial charge in [-0.1, -0.05) is 51.0 Å². The van der Waals surface area contributed by atoms with Gasteiger partial charge in [0.15, 0.2) is 0 Å². The number of rotatable bonds is 6. The molecule has 0 radical (unpaired) electrons. The summed E-state index contributed by atoms with van der Waals surface area (Å²) in [5.74, 6) is 0. The zero-order valence-electron chi connectivity index (χ0n) is 12.9. The fraction of sp³-hybridized carbons (Fsp3) is 0.368. The molecule has 0 bridgehead atoms. The van der Waals surface area contributed by atoms with Gasteiger partial charge in [0.25, 0.3) is 0 Å². The molecule has 1 atom stereocenters. The largest absolute Gasteiger partial charge is 0.456 e. The van der Waals surface area contributed by atoms with Gasteiger partial charge < -0.3 is 9.73 Å². The second-order valence-electron chi connectivity index (χ2n) is 5.61. The van der Waals surface area contributed by atoms with Gasteiger partial charge in [-0.2, -0.15) is 0 Å². The van der Waals surface area contributed by atoms with E-state index in [-0.39, 0.29) is 0 Å². The van der Waals surface area contributed by atoms with E-state index >= 15 is 0 Å². The monoisotopic (exact) mass is 281 g/mol. The second-order valence-corrected chi connectivity index (χ2v) is 5.61. The van der Waals surface area contributed by atoms with Crippen LogP contribution in [0.25, 0.3) is 21.9 Å². The number of nitrogens with one attached hydrogen (secondary N) is 1. The van der Waals surface area contributed by atoms with Crippen molar-refractivity contribution in [2.24, 2.45) is 0 Å². The average molecular weight is 281 g/mol. The van der Waals surface area contributed by atoms with Crippen LogP contribution in [0.4, 0.5) is 0 Å². The van der Waals surface area contributed by atoms with E-state index in [9.17, 15) is 0 Å². The highest BCUT2D eigenvalue weighted by atomic mass is 16.3. The van der Waals surface area contributed by atoms with Gasteiger partial charge in [0.05, 0.1) is 0 Å². The van der Waals surface area contributed by atoms with Crippen LogP contribution in [0.1, 0.15) is 44.7 Å². The summed E-state index contributed by atoms with van der Waals surface area (Å²) in [4.78, 5) is 0. The Hall–Kier alpha value is -1.80. The Kier molecular flexibility index (Phi) is 4.26. The van der Waals surface area contributed by atoms with Crippen LogP contribution < -0.4 is 5.32 Å². The zero-order chi connectivity index (χ0) is 14.7. The predicted molar refractivity (Wildman–Crippen MR) is 89.7 cm³/mol. The molecular weight excluding hydrogens is 258 g/mol. The van der Waals surface area contributed by atoms with Gasteiger partial charge in [-0.05, 0) is 36.7 Å². The molecule has 0 aliphatic carbocycles. The Morgan fingerprint density at radius 1 is 1.00 bits per heavy atom. The first-order chi connectivity index (χ1) is 10.3. The molecule has 1 aromatic heterocycles. The van der Waals surface area contributed by atoms with Gasteiger partial charge in [-0.3, -0.25) is 0 Å². The lowest BCUT2D eigenvalue weighted by Crippen LogP contribution is -2.20. The van der Waals surface area contributed by atoms with Crippen molar-refractivity contribution in [3.8, 4) is 0 Å². The van der Waals surface area contributed by atoms with Gasteiger partial charge in [0.1, 0.15) is 11.2 Å². The van der Waals surface area contributed by atoms with Crippen molar-refractivity contribution in [2.45, 2.75) is 39.2 Å². The summed E-state index contributed by atoms with van der Waals surface area (Å²) in [6.45, 7) is 5.42. The summed E-state index contributed by atoms with van der Waals surface area (Å²) < 4.78 is 5.91. The van der Waals surface area contributed by atoms with Gasteiger partial charge in [0.2, 0.25) is 0 Å². The molecule has 21 heavy (non-hydrogen) atoms. The lowest BCUT2D eigenvalue weighted by atomic mass is 9.99. The highest BCUT2D eigenvalue weighted by Crippen LogP contribution is 2.31. The number of hydrogen-bond acceptors (Lipinski definition) is 2. The van der Waals surface area contributed by atoms with Crippen molar-refractivity contribution in [3.05, 3.63) is 48.0 Å². The van der Waals surface area contributed by atoms with E-state index in [4.69, 9.17) is 4.42 Å². The summed E-state index contributed by atoms with van der Waals surface area (Å²) >= 11 is 0. The molecule has 1 unspecified atom stereocenters. The van der Waals surface area contributed by atoms with Crippen molar-refractivity contribution in [2.75, 3.05) is 6.54 Å². The van der Waals surface area contributed by atoms with Crippen molar-refractivity contribution < 1.29 is 4.42 Å². The van der Waals surface area contributed by atoms with Crippen LogP contribution >= 0.6 is 0 Å². The van der Waals surface area contributed by atoms with E-state index in [1.54, 1.807) is 0 Å². The zero-order valence-corrected chi connectivity index (χ0v) is 12.9. The molecule has 0 saturated carbocycles. The van der Waals surface area contributed by atoms with Crippen LogP contribution in [0.15, 0.2) is 46.9 Å². The Morgan fingerprint density at radius 2 is 1.81 bits per heavy atom. The third-order valence-corrected chi connectivity index (χ3v) is 4.10. The van der Waals surface area contributed by atoms with Gasteiger partial charge in [-0.25, -0.2) is 0 Å². The number of benzene rings is 2. The Morgan fingerprint density at radius 3 is 2.62 bits per heavy atom. The quantitative estimate of drug-likeness (QED) is 0.652. The molecule has 0 saturated heterocycles. The fourth-order valence-electron chi connectivity index (χ4n) is 3.00. The van der Waals surface area contributed by atoms with E-state index in [1.165, 1.54) is 35.6 Å². The maximum Gasteiger partial charge on any atom is 0.135 e.